The molecule has 0 aromatic heterocycles. The van der Waals surface area contributed by atoms with Gasteiger partial charge in [-0.2, -0.15) is 0 Å². The highest BCUT2D eigenvalue weighted by Crippen LogP contribution is 2.26. The Morgan fingerprint density at radius 1 is 1.04 bits per heavy atom. The molecular formula is C17H15N3O3. The average molecular weight is 309 g/mol. The third-order valence-electron chi connectivity index (χ3n) is 3.86. The van der Waals surface area contributed by atoms with E-state index in [0.29, 0.717) is 11.3 Å². The van der Waals surface area contributed by atoms with Crippen molar-refractivity contribution in [2.75, 3.05) is 0 Å². The summed E-state index contributed by atoms with van der Waals surface area (Å²) in [6.45, 7) is 3.58. The molecule has 0 unspecified atom stereocenters. The van der Waals surface area contributed by atoms with Crippen molar-refractivity contribution in [2.45, 2.75) is 19.4 Å². The molecule has 1 aliphatic heterocycles. The number of nitrogens with zero attached hydrogens (tertiary/aromatic N) is 3. The smallest absolute Gasteiger partial charge is 0.330 e. The predicted molar refractivity (Wildman–Crippen MR) is 87.9 cm³/mol. The van der Waals surface area contributed by atoms with Crippen LogP contribution < -0.4 is 0 Å². The van der Waals surface area contributed by atoms with Crippen LogP contribution in [0.5, 0.6) is 0 Å². The van der Waals surface area contributed by atoms with Gasteiger partial charge in [0.2, 0.25) is 5.71 Å². The number of hydrogen-bond donors (Lipinski definition) is 0. The highest BCUT2D eigenvalue weighted by atomic mass is 16.6. The first kappa shape index (κ1) is 14.9. The fourth-order valence-corrected chi connectivity index (χ4v) is 2.60. The van der Waals surface area contributed by atoms with Crippen LogP contribution in [0.3, 0.4) is 0 Å². The molecule has 0 radical (unpaired) electrons. The van der Waals surface area contributed by atoms with Gasteiger partial charge in [0, 0.05) is 17.7 Å². The first-order valence-electron chi connectivity index (χ1n) is 7.15. The first-order chi connectivity index (χ1) is 10.9. The quantitative estimate of drug-likeness (QED) is 0.378. The molecule has 0 amide bonds. The second-order valence-electron chi connectivity index (χ2n) is 5.81. The number of amidine groups is 1. The summed E-state index contributed by atoms with van der Waals surface area (Å²) in [7, 11) is 0. The molecule has 0 fully saturated rings. The predicted octanol–water partition coefficient (Wildman–Crippen LogP) is 3.13. The lowest BCUT2D eigenvalue weighted by molar-refractivity contribution is -0.513. The number of aliphatic imine (C=N–C) groups is 1. The van der Waals surface area contributed by atoms with Gasteiger partial charge in [0.15, 0.2) is 5.54 Å². The third kappa shape index (κ3) is 2.48. The molecule has 0 bridgehead atoms. The van der Waals surface area contributed by atoms with Crippen LogP contribution in [0.25, 0.3) is 0 Å². The number of hydrogen-bond acceptors (Lipinski definition) is 4. The van der Waals surface area contributed by atoms with Crippen LogP contribution >= 0.6 is 0 Å². The Labute approximate surface area is 133 Å². The standard InChI is InChI=1S/C17H15N3O3/c1-17(2)15(12-7-4-3-5-8-12)18-16(19(17)21)13-9-6-10-14(11-13)20(22)23/h3-11H,1-2H3. The van der Waals surface area contributed by atoms with Gasteiger partial charge in [0.05, 0.1) is 10.5 Å². The normalized spacial score (nSPS) is 16.3. The van der Waals surface area contributed by atoms with Crippen molar-refractivity contribution in [1.29, 1.82) is 0 Å². The molecule has 0 spiro atoms. The fraction of sp³-hybridized carbons (Fsp3) is 0.176. The lowest BCUT2D eigenvalue weighted by atomic mass is 9.93. The molecule has 23 heavy (non-hydrogen) atoms. The Morgan fingerprint density at radius 3 is 2.35 bits per heavy atom. The highest BCUT2D eigenvalue weighted by Gasteiger charge is 2.43. The van der Waals surface area contributed by atoms with Crippen molar-refractivity contribution in [1.82, 2.24) is 0 Å². The Hall–Kier alpha value is -3.02. The molecule has 0 saturated heterocycles. The minimum absolute atomic E-state index is 0.0652. The summed E-state index contributed by atoms with van der Waals surface area (Å²) < 4.78 is 0.814. The van der Waals surface area contributed by atoms with Crippen LogP contribution in [0.2, 0.25) is 0 Å². The van der Waals surface area contributed by atoms with Gasteiger partial charge in [0.1, 0.15) is 0 Å². The van der Waals surface area contributed by atoms with E-state index in [1.165, 1.54) is 12.1 Å². The van der Waals surface area contributed by atoms with Gasteiger partial charge in [-0.05, 0) is 24.9 Å². The molecule has 2 aromatic carbocycles. The van der Waals surface area contributed by atoms with Crippen molar-refractivity contribution >= 4 is 17.2 Å². The summed E-state index contributed by atoms with van der Waals surface area (Å²) in [5, 5.41) is 23.6. The Morgan fingerprint density at radius 2 is 1.70 bits per heavy atom. The topological polar surface area (TPSA) is 81.6 Å². The van der Waals surface area contributed by atoms with Crippen LogP contribution in [-0.2, 0) is 0 Å². The Kier molecular flexibility index (Phi) is 3.44. The van der Waals surface area contributed by atoms with E-state index in [1.54, 1.807) is 26.0 Å². The molecule has 0 aliphatic carbocycles. The largest absolute Gasteiger partial charge is 0.714 e. The minimum atomic E-state index is -0.846. The second-order valence-corrected chi connectivity index (χ2v) is 5.81. The van der Waals surface area contributed by atoms with Crippen molar-refractivity contribution in [2.24, 2.45) is 4.99 Å². The van der Waals surface area contributed by atoms with Crippen molar-refractivity contribution in [3.63, 3.8) is 0 Å². The summed E-state index contributed by atoms with van der Waals surface area (Å²) >= 11 is 0. The van der Waals surface area contributed by atoms with Crippen LogP contribution in [-0.4, -0.2) is 26.7 Å². The maximum Gasteiger partial charge on any atom is 0.330 e. The van der Waals surface area contributed by atoms with Gasteiger partial charge in [0.25, 0.3) is 5.69 Å². The zero-order valence-corrected chi connectivity index (χ0v) is 12.8. The number of rotatable bonds is 3. The highest BCUT2D eigenvalue weighted by molar-refractivity contribution is 6.17. The van der Waals surface area contributed by atoms with Crippen LogP contribution in [0.1, 0.15) is 25.0 Å². The van der Waals surface area contributed by atoms with E-state index in [9.17, 15) is 15.3 Å². The van der Waals surface area contributed by atoms with Gasteiger partial charge in [-0.15, -0.1) is 0 Å². The molecule has 0 saturated carbocycles. The molecule has 1 heterocycles. The zero-order chi connectivity index (χ0) is 16.6. The molecule has 6 nitrogen and oxygen atoms in total. The molecule has 6 heteroatoms. The van der Waals surface area contributed by atoms with Crippen molar-refractivity contribution in [3.8, 4) is 0 Å². The summed E-state index contributed by atoms with van der Waals surface area (Å²) in [4.78, 5) is 14.9. The maximum absolute atomic E-state index is 12.7. The average Bonchev–Trinajstić information content (AvgIpc) is 2.79. The van der Waals surface area contributed by atoms with Gasteiger partial charge in [-0.25, -0.2) is 0 Å². The summed E-state index contributed by atoms with van der Waals surface area (Å²) in [6.07, 6.45) is 0. The van der Waals surface area contributed by atoms with Gasteiger partial charge >= 0.3 is 5.84 Å². The van der Waals surface area contributed by atoms with Gasteiger partial charge in [-0.1, -0.05) is 36.4 Å². The second kappa shape index (κ2) is 5.31. The van der Waals surface area contributed by atoms with Crippen molar-refractivity contribution < 1.29 is 9.66 Å². The van der Waals surface area contributed by atoms with E-state index in [0.717, 1.165) is 10.3 Å². The number of benzene rings is 2. The van der Waals surface area contributed by atoms with Gasteiger partial charge in [-0.3, -0.25) is 14.9 Å². The molecule has 2 aromatic rings. The summed E-state index contributed by atoms with van der Waals surface area (Å²) in [6, 6.07) is 15.4. The number of hydroxylamine groups is 1. The van der Waals surface area contributed by atoms with Crippen LogP contribution in [0, 0.1) is 15.3 Å². The molecule has 116 valence electrons. The zero-order valence-electron chi connectivity index (χ0n) is 12.8. The lowest BCUT2D eigenvalue weighted by Crippen LogP contribution is -2.39. The van der Waals surface area contributed by atoms with E-state index in [4.69, 9.17) is 0 Å². The van der Waals surface area contributed by atoms with E-state index >= 15 is 0 Å². The number of nitro benzene ring substituents is 1. The Bertz CT molecular complexity index is 839. The molecule has 0 N–H and O–H groups in total. The van der Waals surface area contributed by atoms with Crippen LogP contribution in [0.15, 0.2) is 59.6 Å². The maximum atomic E-state index is 12.7. The fourth-order valence-electron chi connectivity index (χ4n) is 2.60. The minimum Gasteiger partial charge on any atom is -0.714 e. The molecule has 3 rings (SSSR count). The van der Waals surface area contributed by atoms with Gasteiger partial charge < -0.3 is 5.21 Å². The number of non-ortho nitro benzene ring substituents is 1. The monoisotopic (exact) mass is 309 g/mol. The summed E-state index contributed by atoms with van der Waals surface area (Å²) in [5.41, 5.74) is 1.03. The van der Waals surface area contributed by atoms with E-state index in [-0.39, 0.29) is 11.5 Å². The SMILES string of the molecule is CC1(C)C(c2ccccc2)=NC(c2cccc([N+](=O)[O-])c2)=[N+]1[O-]. The number of nitro groups is 1. The summed E-state index contributed by atoms with van der Waals surface area (Å²) in [5.74, 6) is 0.192. The Balaban J connectivity index is 2.12. The van der Waals surface area contributed by atoms with Crippen molar-refractivity contribution in [3.05, 3.63) is 81.0 Å². The third-order valence-corrected chi connectivity index (χ3v) is 3.86. The van der Waals surface area contributed by atoms with E-state index < -0.39 is 10.5 Å². The first-order valence-corrected chi connectivity index (χ1v) is 7.15. The molecule has 0 atom stereocenters. The van der Waals surface area contributed by atoms with Crippen LogP contribution in [0.4, 0.5) is 5.69 Å². The van der Waals surface area contributed by atoms with E-state index in [2.05, 4.69) is 4.99 Å². The molecular weight excluding hydrogens is 294 g/mol. The van der Waals surface area contributed by atoms with E-state index in [1.807, 2.05) is 30.3 Å². The molecule has 1 aliphatic rings. The lowest BCUT2D eigenvalue weighted by Gasteiger charge is -2.23.